The van der Waals surface area contributed by atoms with Gasteiger partial charge in [-0.15, -0.1) is 0 Å². The summed E-state index contributed by atoms with van der Waals surface area (Å²) in [6.07, 6.45) is 0.199. The molecule has 0 saturated carbocycles. The SMILES string of the molecule is CC(C)CN1C[C@H](C(=O)N(C)CC(=O)Nc2ccc(Cl)c(Cl)c2)CC1=O. The zero-order valence-corrected chi connectivity index (χ0v) is 16.6. The molecule has 142 valence electrons. The van der Waals surface area contributed by atoms with Crippen LogP contribution in [-0.2, 0) is 14.4 Å². The summed E-state index contributed by atoms with van der Waals surface area (Å²) in [4.78, 5) is 39.8. The number of nitrogens with zero attached hydrogens (tertiary/aromatic N) is 2. The first-order valence-corrected chi connectivity index (χ1v) is 9.20. The lowest BCUT2D eigenvalue weighted by atomic mass is 10.1. The van der Waals surface area contributed by atoms with E-state index in [2.05, 4.69) is 5.32 Å². The summed E-state index contributed by atoms with van der Waals surface area (Å²) in [6.45, 7) is 5.01. The molecule has 1 heterocycles. The number of carbonyl (C=O) groups is 3. The number of likely N-dealkylation sites (tertiary alicyclic amines) is 1. The van der Waals surface area contributed by atoms with E-state index in [4.69, 9.17) is 23.2 Å². The van der Waals surface area contributed by atoms with Crippen LogP contribution in [0.4, 0.5) is 5.69 Å². The van der Waals surface area contributed by atoms with Crippen LogP contribution in [-0.4, -0.2) is 54.2 Å². The second-order valence-electron chi connectivity index (χ2n) is 6.96. The Kier molecular flexibility index (Phi) is 6.89. The number of anilines is 1. The molecule has 0 bridgehead atoms. The van der Waals surface area contributed by atoms with Gasteiger partial charge in [-0.3, -0.25) is 14.4 Å². The molecular formula is C18H23Cl2N3O3. The van der Waals surface area contributed by atoms with E-state index < -0.39 is 5.92 Å². The van der Waals surface area contributed by atoms with Crippen LogP contribution in [0, 0.1) is 11.8 Å². The molecule has 1 aromatic rings. The van der Waals surface area contributed by atoms with Gasteiger partial charge in [0.25, 0.3) is 0 Å². The Morgan fingerprint density at radius 2 is 2.00 bits per heavy atom. The number of likely N-dealkylation sites (N-methyl/N-ethyl adjacent to an activating group) is 1. The van der Waals surface area contributed by atoms with Crippen molar-refractivity contribution < 1.29 is 14.4 Å². The molecule has 26 heavy (non-hydrogen) atoms. The van der Waals surface area contributed by atoms with Crippen molar-refractivity contribution in [3.8, 4) is 0 Å². The van der Waals surface area contributed by atoms with Gasteiger partial charge < -0.3 is 15.1 Å². The second kappa shape index (κ2) is 8.73. The molecule has 3 amide bonds. The third-order valence-electron chi connectivity index (χ3n) is 4.11. The first kappa shape index (κ1) is 20.5. The molecule has 1 aliphatic heterocycles. The van der Waals surface area contributed by atoms with Gasteiger partial charge in [-0.2, -0.15) is 0 Å². The number of carbonyl (C=O) groups excluding carboxylic acids is 3. The van der Waals surface area contributed by atoms with E-state index in [1.807, 2.05) is 13.8 Å². The highest BCUT2D eigenvalue weighted by molar-refractivity contribution is 6.42. The van der Waals surface area contributed by atoms with Crippen molar-refractivity contribution in [2.45, 2.75) is 20.3 Å². The van der Waals surface area contributed by atoms with E-state index >= 15 is 0 Å². The quantitative estimate of drug-likeness (QED) is 0.799. The third kappa shape index (κ3) is 5.35. The molecule has 0 spiro atoms. The molecule has 1 saturated heterocycles. The molecule has 1 atom stereocenters. The van der Waals surface area contributed by atoms with Crippen LogP contribution >= 0.6 is 23.2 Å². The molecule has 0 unspecified atom stereocenters. The minimum absolute atomic E-state index is 0.00860. The lowest BCUT2D eigenvalue weighted by Gasteiger charge is -2.22. The van der Waals surface area contributed by atoms with Gasteiger partial charge in [0.15, 0.2) is 0 Å². The number of amides is 3. The fourth-order valence-corrected chi connectivity index (χ4v) is 3.23. The Labute approximate surface area is 163 Å². The maximum Gasteiger partial charge on any atom is 0.243 e. The van der Waals surface area contributed by atoms with Crippen LogP contribution in [0.5, 0.6) is 0 Å². The lowest BCUT2D eigenvalue weighted by molar-refractivity contribution is -0.137. The van der Waals surface area contributed by atoms with Gasteiger partial charge in [-0.05, 0) is 24.1 Å². The minimum atomic E-state index is -0.399. The third-order valence-corrected chi connectivity index (χ3v) is 4.85. The van der Waals surface area contributed by atoms with Gasteiger partial charge in [0.2, 0.25) is 17.7 Å². The molecule has 1 aliphatic rings. The highest BCUT2D eigenvalue weighted by atomic mass is 35.5. The molecule has 1 N–H and O–H groups in total. The van der Waals surface area contributed by atoms with Gasteiger partial charge >= 0.3 is 0 Å². The number of hydrogen-bond donors (Lipinski definition) is 1. The smallest absolute Gasteiger partial charge is 0.243 e. The maximum atomic E-state index is 12.5. The zero-order chi connectivity index (χ0) is 19.4. The topological polar surface area (TPSA) is 69.7 Å². The molecule has 1 aromatic carbocycles. The van der Waals surface area contributed by atoms with Crippen molar-refractivity contribution in [3.63, 3.8) is 0 Å². The molecule has 0 aromatic heterocycles. The van der Waals surface area contributed by atoms with Crippen molar-refractivity contribution in [2.24, 2.45) is 11.8 Å². The maximum absolute atomic E-state index is 12.5. The number of halogens is 2. The van der Waals surface area contributed by atoms with Gasteiger partial charge in [-0.25, -0.2) is 0 Å². The van der Waals surface area contributed by atoms with Crippen LogP contribution in [0.2, 0.25) is 10.0 Å². The minimum Gasteiger partial charge on any atom is -0.342 e. The van der Waals surface area contributed by atoms with E-state index in [1.54, 1.807) is 30.1 Å². The molecule has 2 rings (SSSR count). The van der Waals surface area contributed by atoms with Crippen LogP contribution in [0.25, 0.3) is 0 Å². The molecular weight excluding hydrogens is 377 g/mol. The monoisotopic (exact) mass is 399 g/mol. The van der Waals surface area contributed by atoms with Crippen molar-refractivity contribution in [3.05, 3.63) is 28.2 Å². The van der Waals surface area contributed by atoms with Crippen molar-refractivity contribution in [2.75, 3.05) is 32.0 Å². The Morgan fingerprint density at radius 1 is 1.31 bits per heavy atom. The van der Waals surface area contributed by atoms with E-state index in [0.717, 1.165) is 0 Å². The summed E-state index contributed by atoms with van der Waals surface area (Å²) in [5, 5.41) is 3.41. The summed E-state index contributed by atoms with van der Waals surface area (Å²) in [6, 6.07) is 4.76. The van der Waals surface area contributed by atoms with Gasteiger partial charge in [-0.1, -0.05) is 37.0 Å². The van der Waals surface area contributed by atoms with E-state index in [0.29, 0.717) is 34.7 Å². The predicted molar refractivity (Wildman–Crippen MR) is 102 cm³/mol. The highest BCUT2D eigenvalue weighted by Gasteiger charge is 2.36. The summed E-state index contributed by atoms with van der Waals surface area (Å²) in [5.74, 6) is -0.603. The first-order valence-electron chi connectivity index (χ1n) is 8.45. The average Bonchev–Trinajstić information content (AvgIpc) is 2.90. The Morgan fingerprint density at radius 3 is 2.62 bits per heavy atom. The molecule has 0 aliphatic carbocycles. The first-order chi connectivity index (χ1) is 12.2. The van der Waals surface area contributed by atoms with Crippen LogP contribution in [0.3, 0.4) is 0 Å². The number of nitrogens with one attached hydrogen (secondary N) is 1. The lowest BCUT2D eigenvalue weighted by Crippen LogP contribution is -2.39. The number of benzene rings is 1. The summed E-state index contributed by atoms with van der Waals surface area (Å²) < 4.78 is 0. The Hall–Kier alpha value is -1.79. The molecule has 8 heteroatoms. The standard InChI is InChI=1S/C18H23Cl2N3O3/c1-11(2)8-23-9-12(6-17(23)25)18(26)22(3)10-16(24)21-13-4-5-14(19)15(20)7-13/h4-5,7,11-12H,6,8-10H2,1-3H3,(H,21,24)/t12-/m1/s1. The summed E-state index contributed by atoms with van der Waals surface area (Å²) >= 11 is 11.8. The molecule has 1 fully saturated rings. The number of rotatable bonds is 6. The van der Waals surface area contributed by atoms with E-state index in [1.165, 1.54) is 4.90 Å². The fourth-order valence-electron chi connectivity index (χ4n) is 2.93. The predicted octanol–water partition coefficient (Wildman–Crippen LogP) is 2.89. The van der Waals surface area contributed by atoms with Gasteiger partial charge in [0.05, 0.1) is 22.5 Å². The second-order valence-corrected chi connectivity index (χ2v) is 7.78. The summed E-state index contributed by atoms with van der Waals surface area (Å²) in [5.41, 5.74) is 0.504. The Balaban J connectivity index is 1.89. The molecule has 6 nitrogen and oxygen atoms in total. The highest BCUT2D eigenvalue weighted by Crippen LogP contribution is 2.25. The van der Waals surface area contributed by atoms with Crippen LogP contribution in [0.15, 0.2) is 18.2 Å². The van der Waals surface area contributed by atoms with Crippen molar-refractivity contribution >= 4 is 46.6 Å². The van der Waals surface area contributed by atoms with Crippen LogP contribution < -0.4 is 5.32 Å². The van der Waals surface area contributed by atoms with Crippen molar-refractivity contribution in [1.82, 2.24) is 9.80 Å². The average molecular weight is 400 g/mol. The zero-order valence-electron chi connectivity index (χ0n) is 15.1. The fraction of sp³-hybridized carbons (Fsp3) is 0.500. The normalized spacial score (nSPS) is 16.9. The molecule has 0 radical (unpaired) electrons. The van der Waals surface area contributed by atoms with Crippen LogP contribution in [0.1, 0.15) is 20.3 Å². The Bertz CT molecular complexity index is 709. The van der Waals surface area contributed by atoms with Gasteiger partial charge in [0, 0.05) is 32.2 Å². The summed E-state index contributed by atoms with van der Waals surface area (Å²) in [7, 11) is 1.56. The largest absolute Gasteiger partial charge is 0.342 e. The van der Waals surface area contributed by atoms with Crippen molar-refractivity contribution in [1.29, 1.82) is 0 Å². The van der Waals surface area contributed by atoms with Gasteiger partial charge in [0.1, 0.15) is 0 Å². The van der Waals surface area contributed by atoms with E-state index in [-0.39, 0.29) is 30.7 Å². The van der Waals surface area contributed by atoms with E-state index in [9.17, 15) is 14.4 Å². The number of hydrogen-bond acceptors (Lipinski definition) is 3.